The average molecular weight is 410 g/mol. The minimum atomic E-state index is -2.87. The Balaban J connectivity index is 1.51. The van der Waals surface area contributed by atoms with Gasteiger partial charge in [-0.3, -0.25) is 9.78 Å². The van der Waals surface area contributed by atoms with Crippen molar-refractivity contribution >= 4 is 5.97 Å². The highest BCUT2D eigenvalue weighted by Gasteiger charge is 2.59. The molecule has 156 valence electrons. The fraction of sp³-hybridized carbons (Fsp3) is 0.458. The molecule has 2 aliphatic rings. The van der Waals surface area contributed by atoms with E-state index < -0.39 is 30.1 Å². The van der Waals surface area contributed by atoms with Gasteiger partial charge in [-0.1, -0.05) is 31.2 Å². The predicted octanol–water partition coefficient (Wildman–Crippen LogP) is 5.02. The summed E-state index contributed by atoms with van der Waals surface area (Å²) in [4.78, 5) is 16.6. The predicted molar refractivity (Wildman–Crippen MR) is 107 cm³/mol. The first kappa shape index (κ1) is 20.5. The zero-order valence-electron chi connectivity index (χ0n) is 17.0. The number of benzene rings is 1. The van der Waals surface area contributed by atoms with E-state index in [0.717, 1.165) is 16.8 Å². The van der Waals surface area contributed by atoms with Crippen LogP contribution in [-0.2, 0) is 16.0 Å². The maximum absolute atomic E-state index is 14.6. The van der Waals surface area contributed by atoms with Crippen LogP contribution in [0.1, 0.15) is 37.9 Å². The first-order chi connectivity index (χ1) is 14.3. The standard InChI is InChI=1S/C24H24F2N2O2/c1-14-19(22-15(2)30-23(29)21(22)11-24(14,25)26)10-9-18-8-7-17(13-28-18)20-6-4-3-5-16(20)12-27/h3-8,13-15,19,21-22H,9-11H2,1-2H3. The first-order valence-electron chi connectivity index (χ1n) is 10.3. The molecule has 4 nitrogen and oxygen atoms in total. The fourth-order valence-electron chi connectivity index (χ4n) is 5.15. The number of pyridine rings is 1. The Bertz CT molecular complexity index is 983. The summed E-state index contributed by atoms with van der Waals surface area (Å²) < 4.78 is 34.5. The van der Waals surface area contributed by atoms with Crippen LogP contribution in [0.3, 0.4) is 0 Å². The number of fused-ring (bicyclic) bond motifs is 1. The van der Waals surface area contributed by atoms with Gasteiger partial charge in [-0.2, -0.15) is 5.26 Å². The molecule has 5 atom stereocenters. The molecule has 4 rings (SSSR count). The lowest BCUT2D eigenvalue weighted by Crippen LogP contribution is -2.47. The molecule has 30 heavy (non-hydrogen) atoms. The zero-order valence-corrected chi connectivity index (χ0v) is 17.0. The molecular weight excluding hydrogens is 386 g/mol. The summed E-state index contributed by atoms with van der Waals surface area (Å²) in [7, 11) is 0. The summed E-state index contributed by atoms with van der Waals surface area (Å²) in [5.41, 5.74) is 3.05. The highest BCUT2D eigenvalue weighted by atomic mass is 19.3. The Hall–Kier alpha value is -2.81. The van der Waals surface area contributed by atoms with Gasteiger partial charge in [-0.25, -0.2) is 8.78 Å². The van der Waals surface area contributed by atoms with Crippen molar-refractivity contribution in [3.8, 4) is 17.2 Å². The van der Waals surface area contributed by atoms with Gasteiger partial charge in [0.15, 0.2) is 0 Å². The first-order valence-corrected chi connectivity index (χ1v) is 10.3. The number of ether oxygens (including phenoxy) is 1. The Morgan fingerprint density at radius 2 is 2.00 bits per heavy atom. The average Bonchev–Trinajstić information content (AvgIpc) is 3.01. The van der Waals surface area contributed by atoms with Gasteiger partial charge in [0.05, 0.1) is 17.6 Å². The molecule has 1 aliphatic heterocycles. The molecule has 0 radical (unpaired) electrons. The minimum absolute atomic E-state index is 0.172. The van der Waals surface area contributed by atoms with Crippen LogP contribution in [0.4, 0.5) is 8.78 Å². The Labute approximate surface area is 174 Å². The number of nitriles is 1. The Kier molecular flexibility index (Phi) is 5.31. The molecule has 2 heterocycles. The van der Waals surface area contributed by atoms with Crippen LogP contribution in [-0.4, -0.2) is 23.0 Å². The van der Waals surface area contributed by atoms with E-state index in [1.165, 1.54) is 0 Å². The normalized spacial score (nSPS) is 29.7. The molecule has 1 aliphatic carbocycles. The molecule has 1 aromatic carbocycles. The van der Waals surface area contributed by atoms with Crippen molar-refractivity contribution in [1.29, 1.82) is 5.26 Å². The van der Waals surface area contributed by atoms with E-state index in [2.05, 4.69) is 11.1 Å². The quantitative estimate of drug-likeness (QED) is 0.664. The lowest BCUT2D eigenvalue weighted by molar-refractivity contribution is -0.155. The van der Waals surface area contributed by atoms with E-state index in [0.29, 0.717) is 18.4 Å². The largest absolute Gasteiger partial charge is 0.462 e. The van der Waals surface area contributed by atoms with Crippen LogP contribution in [0.15, 0.2) is 42.6 Å². The van der Waals surface area contributed by atoms with Gasteiger partial charge in [-0.05, 0) is 37.8 Å². The number of carbonyl (C=O) groups excluding carboxylic acids is 1. The van der Waals surface area contributed by atoms with Crippen LogP contribution in [0.25, 0.3) is 11.1 Å². The Morgan fingerprint density at radius 3 is 2.70 bits per heavy atom. The topological polar surface area (TPSA) is 63.0 Å². The van der Waals surface area contributed by atoms with Crippen LogP contribution in [0.2, 0.25) is 0 Å². The number of cyclic esters (lactones) is 1. The molecule has 0 amide bonds. The molecule has 0 spiro atoms. The summed E-state index contributed by atoms with van der Waals surface area (Å²) in [6.07, 6.45) is 2.06. The van der Waals surface area contributed by atoms with Crippen molar-refractivity contribution in [3.05, 3.63) is 53.9 Å². The third kappa shape index (κ3) is 3.58. The maximum atomic E-state index is 14.6. The molecule has 1 aromatic heterocycles. The van der Waals surface area contributed by atoms with Crippen molar-refractivity contribution in [2.24, 2.45) is 23.7 Å². The van der Waals surface area contributed by atoms with Crippen LogP contribution in [0.5, 0.6) is 0 Å². The second-order valence-corrected chi connectivity index (χ2v) is 8.48. The highest BCUT2D eigenvalue weighted by molar-refractivity contribution is 5.75. The van der Waals surface area contributed by atoms with Crippen molar-refractivity contribution < 1.29 is 18.3 Å². The summed E-state index contributed by atoms with van der Waals surface area (Å²) >= 11 is 0. The van der Waals surface area contributed by atoms with Crippen LogP contribution in [0, 0.1) is 35.0 Å². The number of esters is 1. The van der Waals surface area contributed by atoms with Gasteiger partial charge >= 0.3 is 5.97 Å². The van der Waals surface area contributed by atoms with Crippen LogP contribution < -0.4 is 0 Å². The summed E-state index contributed by atoms with van der Waals surface area (Å²) in [6.45, 7) is 3.40. The van der Waals surface area contributed by atoms with E-state index >= 15 is 0 Å². The van der Waals surface area contributed by atoms with Gasteiger partial charge < -0.3 is 4.74 Å². The maximum Gasteiger partial charge on any atom is 0.309 e. The molecule has 6 heteroatoms. The third-order valence-electron chi connectivity index (χ3n) is 6.82. The molecule has 0 N–H and O–H groups in total. The van der Waals surface area contributed by atoms with E-state index in [9.17, 15) is 18.8 Å². The second-order valence-electron chi connectivity index (χ2n) is 8.48. The number of carbonyl (C=O) groups is 1. The summed E-state index contributed by atoms with van der Waals surface area (Å²) in [5, 5.41) is 9.28. The third-order valence-corrected chi connectivity index (χ3v) is 6.82. The van der Waals surface area contributed by atoms with E-state index in [1.54, 1.807) is 19.2 Å². The lowest BCUT2D eigenvalue weighted by atomic mass is 9.63. The molecular formula is C24H24F2N2O2. The molecule has 5 unspecified atom stereocenters. The minimum Gasteiger partial charge on any atom is -0.462 e. The van der Waals surface area contributed by atoms with Gasteiger partial charge in [0.1, 0.15) is 6.10 Å². The lowest BCUT2D eigenvalue weighted by Gasteiger charge is -2.42. The van der Waals surface area contributed by atoms with Crippen molar-refractivity contribution in [1.82, 2.24) is 4.98 Å². The zero-order chi connectivity index (χ0) is 21.5. The van der Waals surface area contributed by atoms with Gasteiger partial charge in [0, 0.05) is 41.3 Å². The molecule has 1 saturated heterocycles. The number of alkyl halides is 2. The number of rotatable bonds is 4. The fourth-order valence-corrected chi connectivity index (χ4v) is 5.15. The number of nitrogens with zero attached hydrogens (tertiary/aromatic N) is 2. The van der Waals surface area contributed by atoms with E-state index in [4.69, 9.17) is 4.74 Å². The SMILES string of the molecule is CC1OC(=O)C2CC(F)(F)C(C)C(CCc3ccc(-c4ccccc4C#N)cn3)C12. The monoisotopic (exact) mass is 410 g/mol. The van der Waals surface area contributed by atoms with E-state index in [-0.39, 0.29) is 17.9 Å². The van der Waals surface area contributed by atoms with Crippen LogP contribution >= 0.6 is 0 Å². The number of hydrogen-bond donors (Lipinski definition) is 0. The smallest absolute Gasteiger partial charge is 0.309 e. The number of halogens is 2. The molecule has 2 fully saturated rings. The summed E-state index contributed by atoms with van der Waals surface area (Å²) in [6, 6.07) is 13.3. The van der Waals surface area contributed by atoms with Gasteiger partial charge in [0.25, 0.3) is 5.92 Å². The molecule has 2 aromatic rings. The second kappa shape index (κ2) is 7.79. The highest BCUT2D eigenvalue weighted by Crippen LogP contribution is 2.53. The number of aryl methyl sites for hydroxylation is 1. The van der Waals surface area contributed by atoms with E-state index in [1.807, 2.05) is 37.3 Å². The van der Waals surface area contributed by atoms with Gasteiger partial charge in [0.2, 0.25) is 0 Å². The molecule has 0 bridgehead atoms. The van der Waals surface area contributed by atoms with Gasteiger partial charge in [-0.15, -0.1) is 0 Å². The summed E-state index contributed by atoms with van der Waals surface area (Å²) in [5.74, 6) is -5.35. The number of aromatic nitrogens is 1. The Morgan fingerprint density at radius 1 is 1.23 bits per heavy atom. The van der Waals surface area contributed by atoms with Crippen molar-refractivity contribution in [2.75, 3.05) is 0 Å². The molecule has 1 saturated carbocycles. The number of hydrogen-bond acceptors (Lipinski definition) is 4. The van der Waals surface area contributed by atoms with Crippen molar-refractivity contribution in [2.45, 2.75) is 45.1 Å². The van der Waals surface area contributed by atoms with Crippen molar-refractivity contribution in [3.63, 3.8) is 0 Å².